The molecule has 0 unspecified atom stereocenters. The summed E-state index contributed by atoms with van der Waals surface area (Å²) in [5, 5.41) is 16.1. The van der Waals surface area contributed by atoms with E-state index in [1.165, 1.54) is 36.8 Å². The van der Waals surface area contributed by atoms with Crippen molar-refractivity contribution in [3.63, 3.8) is 0 Å². The van der Waals surface area contributed by atoms with Gasteiger partial charge in [0, 0.05) is 25.2 Å². The molecule has 1 fully saturated rings. The Labute approximate surface area is 173 Å². The fourth-order valence-corrected chi connectivity index (χ4v) is 3.82. The van der Waals surface area contributed by atoms with Gasteiger partial charge in [-0.1, -0.05) is 83.1 Å². The van der Waals surface area contributed by atoms with Gasteiger partial charge in [-0.15, -0.1) is 0 Å². The number of allylic oxidation sites excluding steroid dienone is 6. The van der Waals surface area contributed by atoms with E-state index in [9.17, 15) is 0 Å². The highest BCUT2D eigenvalue weighted by Gasteiger charge is 2.35. The Morgan fingerprint density at radius 2 is 1.79 bits per heavy atom. The molecule has 0 radical (unpaired) electrons. The van der Waals surface area contributed by atoms with Gasteiger partial charge in [0.15, 0.2) is 0 Å². The van der Waals surface area contributed by atoms with Crippen LogP contribution in [0.15, 0.2) is 60.4 Å². The normalized spacial score (nSPS) is 18.2. The molecular weight excluding hydrogens is 344 g/mol. The highest BCUT2D eigenvalue weighted by atomic mass is 16.2. The topological polar surface area (TPSA) is 44.3 Å². The van der Waals surface area contributed by atoms with Gasteiger partial charge in [-0.05, 0) is 42.7 Å². The second kappa shape index (κ2) is 13.6. The third-order valence-electron chi connectivity index (χ3n) is 5.59. The average Bonchev–Trinajstić information content (AvgIpc) is 3.13. The Balaban J connectivity index is 2.53. The molecule has 3 heteroatoms. The average molecular weight is 387 g/mol. The molecule has 0 atom stereocenters. The van der Waals surface area contributed by atoms with Crippen molar-refractivity contribution in [2.24, 2.45) is 17.3 Å². The molecule has 158 valence electrons. The van der Waals surface area contributed by atoms with Gasteiger partial charge >= 0.3 is 0 Å². The lowest BCUT2D eigenvalue weighted by atomic mass is 9.78. The molecule has 1 rings (SSSR count). The van der Waals surface area contributed by atoms with Crippen LogP contribution >= 0.6 is 0 Å². The van der Waals surface area contributed by atoms with Crippen molar-refractivity contribution in [2.45, 2.75) is 59.8 Å². The number of aliphatic hydroxyl groups is 1. The molecule has 3 nitrogen and oxygen atoms in total. The van der Waals surface area contributed by atoms with Crippen LogP contribution in [-0.4, -0.2) is 24.9 Å². The van der Waals surface area contributed by atoms with Crippen molar-refractivity contribution < 1.29 is 5.11 Å². The van der Waals surface area contributed by atoms with Gasteiger partial charge < -0.3 is 15.7 Å². The third-order valence-corrected chi connectivity index (χ3v) is 5.59. The molecule has 0 spiro atoms. The van der Waals surface area contributed by atoms with Gasteiger partial charge in [0.05, 0.1) is 6.26 Å². The Morgan fingerprint density at radius 3 is 2.36 bits per heavy atom. The van der Waals surface area contributed by atoms with E-state index >= 15 is 0 Å². The molecule has 0 heterocycles. The van der Waals surface area contributed by atoms with Crippen molar-refractivity contribution in [1.82, 2.24) is 10.6 Å². The largest absolute Gasteiger partial charge is 0.516 e. The van der Waals surface area contributed by atoms with Gasteiger partial charge in [-0.3, -0.25) is 0 Å². The molecule has 1 saturated carbocycles. The Kier molecular flexibility index (Phi) is 11.9. The van der Waals surface area contributed by atoms with E-state index in [2.05, 4.69) is 63.1 Å². The zero-order valence-corrected chi connectivity index (χ0v) is 18.5. The second-order valence-electron chi connectivity index (χ2n) is 8.64. The highest BCUT2D eigenvalue weighted by molar-refractivity contribution is 5.30. The van der Waals surface area contributed by atoms with Crippen LogP contribution in [-0.2, 0) is 0 Å². The van der Waals surface area contributed by atoms with E-state index in [-0.39, 0.29) is 5.41 Å². The molecule has 0 aromatic carbocycles. The van der Waals surface area contributed by atoms with Crippen LogP contribution < -0.4 is 10.6 Å². The minimum atomic E-state index is 0.138. The van der Waals surface area contributed by atoms with Crippen LogP contribution in [0, 0.1) is 17.3 Å². The van der Waals surface area contributed by atoms with Gasteiger partial charge in [0.2, 0.25) is 0 Å². The van der Waals surface area contributed by atoms with Gasteiger partial charge in [-0.25, -0.2) is 0 Å². The molecule has 0 bridgehead atoms. The maximum Gasteiger partial charge on any atom is 0.0791 e. The van der Waals surface area contributed by atoms with Crippen molar-refractivity contribution in [1.29, 1.82) is 0 Å². The molecule has 0 aromatic heterocycles. The zero-order valence-electron chi connectivity index (χ0n) is 18.5. The summed E-state index contributed by atoms with van der Waals surface area (Å²) >= 11 is 0. The van der Waals surface area contributed by atoms with Crippen LogP contribution in [0.3, 0.4) is 0 Å². The maximum atomic E-state index is 8.99. The molecule has 1 aliphatic rings. The van der Waals surface area contributed by atoms with Crippen molar-refractivity contribution >= 4 is 0 Å². The van der Waals surface area contributed by atoms with Crippen LogP contribution in [0.2, 0.25) is 0 Å². The highest BCUT2D eigenvalue weighted by Crippen LogP contribution is 2.44. The van der Waals surface area contributed by atoms with E-state index in [0.717, 1.165) is 32.4 Å². The summed E-state index contributed by atoms with van der Waals surface area (Å²) in [5.41, 5.74) is 2.79. The van der Waals surface area contributed by atoms with E-state index in [4.69, 9.17) is 5.11 Å². The maximum absolute atomic E-state index is 8.99. The molecule has 0 saturated heterocycles. The van der Waals surface area contributed by atoms with Gasteiger partial charge in [0.1, 0.15) is 0 Å². The van der Waals surface area contributed by atoms with Crippen LogP contribution in [0.1, 0.15) is 59.8 Å². The van der Waals surface area contributed by atoms with Gasteiger partial charge in [0.25, 0.3) is 0 Å². The summed E-state index contributed by atoms with van der Waals surface area (Å²) in [6.45, 7) is 15.6. The standard InChI is InChI=1S/C25H42N2O/c1-6-24(14-11-17-28)25(15-9-10-16-25)19-27-20-26-18-23(22(4)5)13-8-7-12-21(2)3/h6-8,11,13-14,17,21-22,26-28H,1,9-10,12,15-16,18-20H2,2-5H3/b8-7-,17-11-,23-13+,24-14+. The fourth-order valence-electron chi connectivity index (χ4n) is 3.82. The minimum Gasteiger partial charge on any atom is -0.516 e. The first kappa shape index (κ1) is 24.5. The number of rotatable bonds is 13. The summed E-state index contributed by atoms with van der Waals surface area (Å²) < 4.78 is 0. The SMILES string of the molecule is C=C/C(=C\C=C/O)C1(CNCNC/C(=C\C=C/CC(C)C)C(C)C)CCCC1. The molecule has 3 N–H and O–H groups in total. The smallest absolute Gasteiger partial charge is 0.0791 e. The fraction of sp³-hybridized carbons (Fsp3) is 0.600. The quantitative estimate of drug-likeness (QED) is 0.156. The number of hydrogen-bond donors (Lipinski definition) is 3. The first-order chi connectivity index (χ1) is 13.4. The third kappa shape index (κ3) is 8.62. The summed E-state index contributed by atoms with van der Waals surface area (Å²) in [6, 6.07) is 0. The molecule has 1 aliphatic carbocycles. The van der Waals surface area contributed by atoms with Crippen molar-refractivity contribution in [3.8, 4) is 0 Å². The lowest BCUT2D eigenvalue weighted by Crippen LogP contribution is -2.39. The first-order valence-electron chi connectivity index (χ1n) is 10.9. The minimum absolute atomic E-state index is 0.138. The number of aliphatic hydroxyl groups excluding tert-OH is 1. The van der Waals surface area contributed by atoms with E-state index in [1.54, 1.807) is 6.08 Å². The number of hydrogen-bond acceptors (Lipinski definition) is 3. The Bertz CT molecular complexity index is 561. The van der Waals surface area contributed by atoms with Gasteiger partial charge in [-0.2, -0.15) is 0 Å². The second-order valence-corrected chi connectivity index (χ2v) is 8.64. The lowest BCUT2D eigenvalue weighted by molar-refractivity contribution is 0.345. The Morgan fingerprint density at radius 1 is 1.07 bits per heavy atom. The van der Waals surface area contributed by atoms with Crippen molar-refractivity contribution in [3.05, 3.63) is 60.4 Å². The summed E-state index contributed by atoms with van der Waals surface area (Å²) in [4.78, 5) is 0. The van der Waals surface area contributed by atoms with Crippen LogP contribution in [0.25, 0.3) is 0 Å². The molecule has 0 aromatic rings. The predicted octanol–water partition coefficient (Wildman–Crippen LogP) is 6.05. The first-order valence-corrected chi connectivity index (χ1v) is 10.9. The monoisotopic (exact) mass is 386 g/mol. The molecule has 0 amide bonds. The van der Waals surface area contributed by atoms with Crippen LogP contribution in [0.4, 0.5) is 0 Å². The predicted molar refractivity (Wildman–Crippen MR) is 123 cm³/mol. The Hall–Kier alpha value is -1.58. The van der Waals surface area contributed by atoms with Crippen LogP contribution in [0.5, 0.6) is 0 Å². The molecule has 0 aliphatic heterocycles. The van der Waals surface area contributed by atoms with E-state index in [1.807, 2.05) is 12.2 Å². The summed E-state index contributed by atoms with van der Waals surface area (Å²) in [6.07, 6.45) is 19.5. The van der Waals surface area contributed by atoms with Crippen molar-refractivity contribution in [2.75, 3.05) is 19.8 Å². The summed E-state index contributed by atoms with van der Waals surface area (Å²) in [5.74, 6) is 1.25. The molecular formula is C25H42N2O. The lowest BCUT2D eigenvalue weighted by Gasteiger charge is -2.31. The zero-order chi connectivity index (χ0) is 20.8. The van der Waals surface area contributed by atoms with E-state index in [0.29, 0.717) is 11.8 Å². The van der Waals surface area contributed by atoms with E-state index < -0.39 is 0 Å². The number of nitrogens with one attached hydrogen (secondary N) is 2. The summed E-state index contributed by atoms with van der Waals surface area (Å²) in [7, 11) is 0. The molecule has 28 heavy (non-hydrogen) atoms.